The van der Waals surface area contributed by atoms with Crippen LogP contribution < -0.4 is 0 Å². The number of carbonyl (C=O) groups excluding carboxylic acids is 1. The van der Waals surface area contributed by atoms with Crippen LogP contribution >= 0.6 is 0 Å². The molecule has 0 unspecified atom stereocenters. The van der Waals surface area contributed by atoms with E-state index in [9.17, 15) is 9.59 Å². The Morgan fingerprint density at radius 1 is 1.55 bits per heavy atom. The van der Waals surface area contributed by atoms with E-state index in [0.717, 1.165) is 0 Å². The van der Waals surface area contributed by atoms with Gasteiger partial charge in [-0.1, -0.05) is 18.7 Å². The maximum Gasteiger partial charge on any atom is 0.311 e. The van der Waals surface area contributed by atoms with Gasteiger partial charge in [-0.25, -0.2) is 0 Å². The van der Waals surface area contributed by atoms with Gasteiger partial charge >= 0.3 is 5.97 Å². The summed E-state index contributed by atoms with van der Waals surface area (Å²) in [5.74, 6) is -1.48. The van der Waals surface area contributed by atoms with Gasteiger partial charge in [0.05, 0.1) is 0 Å². The van der Waals surface area contributed by atoms with Gasteiger partial charge in [-0.2, -0.15) is 0 Å². The maximum absolute atomic E-state index is 10.8. The minimum Gasteiger partial charge on any atom is -0.481 e. The number of hydrogen-bond acceptors (Lipinski definition) is 2. The molecule has 3 heteroatoms. The number of allylic oxidation sites excluding steroid dienone is 3. The van der Waals surface area contributed by atoms with Gasteiger partial charge in [-0.15, -0.1) is 0 Å². The topological polar surface area (TPSA) is 54.4 Å². The van der Waals surface area contributed by atoms with Gasteiger partial charge in [0.25, 0.3) is 0 Å². The van der Waals surface area contributed by atoms with Crippen molar-refractivity contribution in [2.24, 2.45) is 0 Å². The lowest BCUT2D eigenvalue weighted by Gasteiger charge is -1.93. The van der Waals surface area contributed by atoms with Gasteiger partial charge in [0.1, 0.15) is 6.42 Å². The molecule has 0 aliphatic carbocycles. The van der Waals surface area contributed by atoms with Crippen molar-refractivity contribution in [1.29, 1.82) is 0 Å². The standard InChI is InChI=1S/C8H10O3/c1-3-4-6(2)7(9)5-8(10)11/h3-4H,1,5H2,2H3,(H,10,11). The van der Waals surface area contributed by atoms with Crippen LogP contribution in [0.3, 0.4) is 0 Å². The molecular weight excluding hydrogens is 144 g/mol. The summed E-state index contributed by atoms with van der Waals surface area (Å²) in [5, 5.41) is 8.23. The van der Waals surface area contributed by atoms with Gasteiger partial charge in [0, 0.05) is 0 Å². The number of carbonyl (C=O) groups is 2. The normalized spacial score (nSPS) is 10.8. The number of carboxylic acid groups (broad SMARTS) is 1. The number of ketones is 1. The summed E-state index contributed by atoms with van der Waals surface area (Å²) in [6, 6.07) is 0. The monoisotopic (exact) mass is 154 g/mol. The molecule has 0 atom stereocenters. The van der Waals surface area contributed by atoms with E-state index in [1.54, 1.807) is 6.92 Å². The van der Waals surface area contributed by atoms with Crippen molar-refractivity contribution in [2.45, 2.75) is 13.3 Å². The summed E-state index contributed by atoms with van der Waals surface area (Å²) in [4.78, 5) is 20.9. The second-order valence-electron chi connectivity index (χ2n) is 2.08. The molecular formula is C8H10O3. The molecule has 0 amide bonds. The fraction of sp³-hybridized carbons (Fsp3) is 0.250. The average molecular weight is 154 g/mol. The Labute approximate surface area is 65.0 Å². The van der Waals surface area contributed by atoms with Crippen LogP contribution in [0.4, 0.5) is 0 Å². The Morgan fingerprint density at radius 3 is 2.45 bits per heavy atom. The molecule has 3 nitrogen and oxygen atoms in total. The van der Waals surface area contributed by atoms with E-state index in [1.807, 2.05) is 0 Å². The van der Waals surface area contributed by atoms with Crippen LogP contribution in [0.1, 0.15) is 13.3 Å². The molecule has 60 valence electrons. The molecule has 0 radical (unpaired) electrons. The summed E-state index contributed by atoms with van der Waals surface area (Å²) in [7, 11) is 0. The van der Waals surface area contributed by atoms with Crippen LogP contribution in [-0.2, 0) is 9.59 Å². The molecule has 0 heterocycles. The van der Waals surface area contributed by atoms with Crippen LogP contribution in [0.15, 0.2) is 24.3 Å². The van der Waals surface area contributed by atoms with Crippen LogP contribution in [0, 0.1) is 0 Å². The van der Waals surface area contributed by atoms with Gasteiger partial charge in [0.2, 0.25) is 0 Å². The van der Waals surface area contributed by atoms with E-state index < -0.39 is 12.4 Å². The molecule has 0 aromatic carbocycles. The second kappa shape index (κ2) is 4.44. The van der Waals surface area contributed by atoms with E-state index in [1.165, 1.54) is 12.2 Å². The van der Waals surface area contributed by atoms with Crippen molar-refractivity contribution in [3.8, 4) is 0 Å². The highest BCUT2D eigenvalue weighted by Gasteiger charge is 2.07. The third-order valence-corrected chi connectivity index (χ3v) is 1.12. The van der Waals surface area contributed by atoms with Gasteiger partial charge in [0.15, 0.2) is 5.78 Å². The zero-order valence-corrected chi connectivity index (χ0v) is 6.33. The first kappa shape index (κ1) is 9.62. The summed E-state index contributed by atoms with van der Waals surface area (Å²) < 4.78 is 0. The van der Waals surface area contributed by atoms with Crippen LogP contribution in [-0.4, -0.2) is 16.9 Å². The maximum atomic E-state index is 10.8. The van der Waals surface area contributed by atoms with Crippen molar-refractivity contribution in [3.05, 3.63) is 24.3 Å². The highest BCUT2D eigenvalue weighted by molar-refractivity contribution is 6.04. The molecule has 0 aromatic heterocycles. The fourth-order valence-electron chi connectivity index (χ4n) is 0.546. The van der Waals surface area contributed by atoms with E-state index in [2.05, 4.69) is 6.58 Å². The molecule has 0 saturated heterocycles. The number of rotatable bonds is 4. The Balaban J connectivity index is 4.14. The lowest BCUT2D eigenvalue weighted by atomic mass is 10.1. The first-order valence-corrected chi connectivity index (χ1v) is 3.12. The molecule has 0 bridgehead atoms. The zero-order chi connectivity index (χ0) is 8.85. The summed E-state index contributed by atoms with van der Waals surface area (Å²) >= 11 is 0. The van der Waals surface area contributed by atoms with Crippen molar-refractivity contribution in [2.75, 3.05) is 0 Å². The van der Waals surface area contributed by atoms with Crippen molar-refractivity contribution in [1.82, 2.24) is 0 Å². The van der Waals surface area contributed by atoms with E-state index >= 15 is 0 Å². The molecule has 0 aliphatic rings. The third kappa shape index (κ3) is 4.08. The van der Waals surface area contributed by atoms with Crippen molar-refractivity contribution in [3.63, 3.8) is 0 Å². The minimum absolute atomic E-state index is 0.377. The Hall–Kier alpha value is -1.38. The third-order valence-electron chi connectivity index (χ3n) is 1.12. The smallest absolute Gasteiger partial charge is 0.311 e. The Bertz CT molecular complexity index is 213. The average Bonchev–Trinajstić information content (AvgIpc) is 1.86. The summed E-state index contributed by atoms with van der Waals surface area (Å²) in [6.07, 6.45) is 2.50. The van der Waals surface area contributed by atoms with Crippen molar-refractivity contribution < 1.29 is 14.7 Å². The molecule has 0 saturated carbocycles. The zero-order valence-electron chi connectivity index (χ0n) is 6.33. The number of carboxylic acids is 1. The number of Topliss-reactive ketones (excluding diaryl/α,β-unsaturated/α-hetero) is 1. The quantitative estimate of drug-likeness (QED) is 0.375. The van der Waals surface area contributed by atoms with Crippen LogP contribution in [0.2, 0.25) is 0 Å². The largest absolute Gasteiger partial charge is 0.481 e. The predicted octanol–water partition coefficient (Wildman–Crippen LogP) is 1.16. The molecule has 0 aromatic rings. The summed E-state index contributed by atoms with van der Waals surface area (Å²) in [5.41, 5.74) is 0.419. The number of aliphatic carboxylic acids is 1. The lowest BCUT2D eigenvalue weighted by molar-refractivity contribution is -0.139. The molecule has 0 spiro atoms. The SMILES string of the molecule is C=CC=C(C)C(=O)CC(=O)O. The molecule has 0 aliphatic heterocycles. The van der Waals surface area contributed by atoms with Crippen LogP contribution in [0.25, 0.3) is 0 Å². The van der Waals surface area contributed by atoms with Crippen molar-refractivity contribution >= 4 is 11.8 Å². The highest BCUT2D eigenvalue weighted by Crippen LogP contribution is 1.98. The first-order valence-electron chi connectivity index (χ1n) is 3.12. The molecule has 0 rings (SSSR count). The highest BCUT2D eigenvalue weighted by atomic mass is 16.4. The predicted molar refractivity (Wildman–Crippen MR) is 41.2 cm³/mol. The first-order chi connectivity index (χ1) is 5.07. The minimum atomic E-state index is -1.10. The molecule has 1 N–H and O–H groups in total. The number of hydrogen-bond donors (Lipinski definition) is 1. The fourth-order valence-corrected chi connectivity index (χ4v) is 0.546. The van der Waals surface area contributed by atoms with Crippen LogP contribution in [0.5, 0.6) is 0 Å². The molecule has 0 fully saturated rings. The second-order valence-corrected chi connectivity index (χ2v) is 2.08. The Kier molecular flexibility index (Phi) is 3.88. The Morgan fingerprint density at radius 2 is 2.09 bits per heavy atom. The van der Waals surface area contributed by atoms with Gasteiger partial charge in [-0.3, -0.25) is 9.59 Å². The lowest BCUT2D eigenvalue weighted by Crippen LogP contribution is -2.07. The van der Waals surface area contributed by atoms with E-state index in [-0.39, 0.29) is 5.78 Å². The van der Waals surface area contributed by atoms with Gasteiger partial charge in [-0.05, 0) is 12.5 Å². The summed E-state index contributed by atoms with van der Waals surface area (Å²) in [6.45, 7) is 4.95. The van der Waals surface area contributed by atoms with E-state index in [4.69, 9.17) is 5.11 Å². The van der Waals surface area contributed by atoms with Gasteiger partial charge < -0.3 is 5.11 Å². The molecule has 11 heavy (non-hydrogen) atoms. The van der Waals surface area contributed by atoms with E-state index in [0.29, 0.717) is 5.57 Å².